The number of fused-ring (bicyclic) bond motifs is 1. The summed E-state index contributed by atoms with van der Waals surface area (Å²) in [6, 6.07) is 14.3. The number of aliphatic imine (C=N–C) groups is 1. The number of nitrogens with one attached hydrogen (secondary N) is 3. The van der Waals surface area contributed by atoms with Crippen molar-refractivity contribution in [2.75, 3.05) is 20.1 Å². The number of nitrogens with zero attached hydrogens (tertiary/aromatic N) is 2. The minimum absolute atomic E-state index is 0.520. The van der Waals surface area contributed by atoms with Crippen molar-refractivity contribution in [1.29, 1.82) is 0 Å². The van der Waals surface area contributed by atoms with Crippen molar-refractivity contribution >= 4 is 28.5 Å². The van der Waals surface area contributed by atoms with Crippen LogP contribution in [0.15, 0.2) is 53.7 Å². The molecule has 0 unspecified atom stereocenters. The molecule has 3 rings (SSSR count). The first kappa shape index (κ1) is 17.3. The molecule has 3 N–H and O–H groups in total. The highest BCUT2D eigenvalue weighted by molar-refractivity contribution is 6.29. The fourth-order valence-corrected chi connectivity index (χ4v) is 2.80. The molecule has 0 spiro atoms. The van der Waals surface area contributed by atoms with Crippen LogP contribution >= 0.6 is 11.6 Å². The normalized spacial score (nSPS) is 11.7. The lowest BCUT2D eigenvalue weighted by Crippen LogP contribution is -2.39. The maximum absolute atomic E-state index is 5.79. The molecule has 25 heavy (non-hydrogen) atoms. The van der Waals surface area contributed by atoms with Gasteiger partial charge in [0.1, 0.15) is 5.15 Å². The van der Waals surface area contributed by atoms with Gasteiger partial charge in [-0.3, -0.25) is 4.99 Å². The van der Waals surface area contributed by atoms with Crippen molar-refractivity contribution in [3.8, 4) is 0 Å². The van der Waals surface area contributed by atoms with Gasteiger partial charge in [0.25, 0.3) is 0 Å². The third-order valence-electron chi connectivity index (χ3n) is 3.99. The van der Waals surface area contributed by atoms with Crippen LogP contribution in [-0.2, 0) is 12.8 Å². The molecule has 0 bridgehead atoms. The summed E-state index contributed by atoms with van der Waals surface area (Å²) in [7, 11) is 1.78. The van der Waals surface area contributed by atoms with Crippen molar-refractivity contribution in [1.82, 2.24) is 20.6 Å². The van der Waals surface area contributed by atoms with Crippen molar-refractivity contribution < 1.29 is 0 Å². The van der Waals surface area contributed by atoms with E-state index in [1.165, 1.54) is 16.6 Å². The first-order chi connectivity index (χ1) is 12.2. The zero-order valence-electron chi connectivity index (χ0n) is 14.2. The highest BCUT2D eigenvalue weighted by Gasteiger charge is 2.02. The van der Waals surface area contributed by atoms with Crippen LogP contribution in [0, 0.1) is 0 Å². The van der Waals surface area contributed by atoms with Gasteiger partial charge in [0.15, 0.2) is 5.96 Å². The van der Waals surface area contributed by atoms with Crippen LogP contribution in [0.4, 0.5) is 0 Å². The smallest absolute Gasteiger partial charge is 0.190 e. The van der Waals surface area contributed by atoms with Crippen LogP contribution in [0.25, 0.3) is 10.9 Å². The van der Waals surface area contributed by atoms with E-state index in [2.05, 4.69) is 49.9 Å². The SMILES string of the molecule is CN=C(NCCc1ccc(Cl)nc1)NCCc1cc2ccccc2[nH]1. The Kier molecular flexibility index (Phi) is 5.90. The van der Waals surface area contributed by atoms with E-state index in [1.54, 1.807) is 13.2 Å². The van der Waals surface area contributed by atoms with E-state index >= 15 is 0 Å². The van der Waals surface area contributed by atoms with Crippen LogP contribution in [0.3, 0.4) is 0 Å². The molecule has 0 saturated heterocycles. The molecule has 3 aromatic rings. The summed E-state index contributed by atoms with van der Waals surface area (Å²) in [5, 5.41) is 8.42. The molecular formula is C19H22ClN5. The number of rotatable bonds is 6. The Bertz CT molecular complexity index is 805. The molecule has 5 nitrogen and oxygen atoms in total. The van der Waals surface area contributed by atoms with Gasteiger partial charge >= 0.3 is 0 Å². The van der Waals surface area contributed by atoms with Crippen molar-refractivity contribution in [3.05, 3.63) is 65.1 Å². The molecule has 0 fully saturated rings. The lowest BCUT2D eigenvalue weighted by Gasteiger charge is -2.11. The van der Waals surface area contributed by atoms with Gasteiger partial charge in [0.2, 0.25) is 0 Å². The fraction of sp³-hybridized carbons (Fsp3) is 0.263. The highest BCUT2D eigenvalue weighted by atomic mass is 35.5. The summed E-state index contributed by atoms with van der Waals surface area (Å²) in [5.41, 5.74) is 3.54. The summed E-state index contributed by atoms with van der Waals surface area (Å²) in [4.78, 5) is 11.8. The summed E-state index contributed by atoms with van der Waals surface area (Å²) in [5.74, 6) is 0.804. The molecule has 2 aromatic heterocycles. The van der Waals surface area contributed by atoms with E-state index in [0.29, 0.717) is 5.15 Å². The number of guanidine groups is 1. The Morgan fingerprint density at radius 3 is 2.64 bits per heavy atom. The number of benzene rings is 1. The Morgan fingerprint density at radius 2 is 1.92 bits per heavy atom. The maximum atomic E-state index is 5.79. The topological polar surface area (TPSA) is 65.1 Å². The zero-order valence-corrected chi connectivity index (χ0v) is 15.0. The number of pyridine rings is 1. The third-order valence-corrected chi connectivity index (χ3v) is 4.21. The first-order valence-electron chi connectivity index (χ1n) is 8.36. The Morgan fingerprint density at radius 1 is 1.12 bits per heavy atom. The molecule has 0 atom stereocenters. The Balaban J connectivity index is 1.42. The van der Waals surface area contributed by atoms with Gasteiger partial charge in [-0.1, -0.05) is 35.9 Å². The molecule has 0 radical (unpaired) electrons. The quantitative estimate of drug-likeness (QED) is 0.361. The molecule has 6 heteroatoms. The van der Waals surface area contributed by atoms with Gasteiger partial charge in [0, 0.05) is 44.0 Å². The Labute approximate surface area is 152 Å². The fourth-order valence-electron chi connectivity index (χ4n) is 2.68. The first-order valence-corrected chi connectivity index (χ1v) is 8.74. The molecule has 0 saturated carbocycles. The molecule has 0 amide bonds. The van der Waals surface area contributed by atoms with Crippen LogP contribution in [0.5, 0.6) is 0 Å². The largest absolute Gasteiger partial charge is 0.358 e. The lowest BCUT2D eigenvalue weighted by molar-refractivity contribution is 0.778. The van der Waals surface area contributed by atoms with E-state index in [1.807, 2.05) is 18.2 Å². The van der Waals surface area contributed by atoms with Gasteiger partial charge < -0.3 is 15.6 Å². The van der Waals surface area contributed by atoms with E-state index in [0.717, 1.165) is 37.5 Å². The van der Waals surface area contributed by atoms with E-state index in [9.17, 15) is 0 Å². The van der Waals surface area contributed by atoms with Gasteiger partial charge in [-0.05, 0) is 35.6 Å². The van der Waals surface area contributed by atoms with Gasteiger partial charge in [-0.2, -0.15) is 0 Å². The summed E-state index contributed by atoms with van der Waals surface area (Å²) >= 11 is 5.79. The number of hydrogen-bond donors (Lipinski definition) is 3. The number of halogens is 1. The van der Waals surface area contributed by atoms with E-state index in [4.69, 9.17) is 11.6 Å². The lowest BCUT2D eigenvalue weighted by atomic mass is 10.2. The molecule has 0 aliphatic carbocycles. The summed E-state index contributed by atoms with van der Waals surface area (Å²) in [6.45, 7) is 1.60. The molecule has 2 heterocycles. The second kappa shape index (κ2) is 8.53. The van der Waals surface area contributed by atoms with Crippen LogP contribution in [-0.4, -0.2) is 36.1 Å². The second-order valence-electron chi connectivity index (χ2n) is 5.80. The van der Waals surface area contributed by atoms with Crippen LogP contribution in [0.2, 0.25) is 5.15 Å². The summed E-state index contributed by atoms with van der Waals surface area (Å²) < 4.78 is 0. The molecule has 0 aliphatic rings. The van der Waals surface area contributed by atoms with E-state index in [-0.39, 0.29) is 0 Å². The zero-order chi connectivity index (χ0) is 17.5. The molecular weight excluding hydrogens is 334 g/mol. The van der Waals surface area contributed by atoms with Crippen LogP contribution in [0.1, 0.15) is 11.3 Å². The number of H-pyrrole nitrogens is 1. The standard InChI is InChI=1S/C19H22ClN5/c1-21-19(22-10-8-14-6-7-18(20)24-13-14)23-11-9-16-12-15-4-2-3-5-17(15)25-16/h2-7,12-13,25H,8-11H2,1H3,(H2,21,22,23). The minimum atomic E-state index is 0.520. The monoisotopic (exact) mass is 355 g/mol. The van der Waals surface area contributed by atoms with Crippen molar-refractivity contribution in [3.63, 3.8) is 0 Å². The van der Waals surface area contributed by atoms with Gasteiger partial charge in [0.05, 0.1) is 0 Å². The predicted octanol–water partition coefficient (Wildman–Crippen LogP) is 3.17. The number of aromatic amines is 1. The van der Waals surface area contributed by atoms with Gasteiger partial charge in [-0.25, -0.2) is 4.98 Å². The molecule has 0 aliphatic heterocycles. The number of para-hydroxylation sites is 1. The second-order valence-corrected chi connectivity index (χ2v) is 6.18. The maximum Gasteiger partial charge on any atom is 0.190 e. The van der Waals surface area contributed by atoms with Crippen molar-refractivity contribution in [2.24, 2.45) is 4.99 Å². The minimum Gasteiger partial charge on any atom is -0.358 e. The van der Waals surface area contributed by atoms with Crippen LogP contribution < -0.4 is 10.6 Å². The Hall–Kier alpha value is -2.53. The average molecular weight is 356 g/mol. The highest BCUT2D eigenvalue weighted by Crippen LogP contribution is 2.14. The molecule has 1 aromatic carbocycles. The van der Waals surface area contributed by atoms with E-state index < -0.39 is 0 Å². The number of aromatic nitrogens is 2. The third kappa shape index (κ3) is 4.97. The summed E-state index contributed by atoms with van der Waals surface area (Å²) in [6.07, 6.45) is 3.58. The predicted molar refractivity (Wildman–Crippen MR) is 104 cm³/mol. The van der Waals surface area contributed by atoms with Gasteiger partial charge in [-0.15, -0.1) is 0 Å². The average Bonchev–Trinajstić information content (AvgIpc) is 3.05. The molecule has 130 valence electrons. The van der Waals surface area contributed by atoms with Crippen molar-refractivity contribution in [2.45, 2.75) is 12.8 Å². The number of hydrogen-bond acceptors (Lipinski definition) is 2.